The van der Waals surface area contributed by atoms with Crippen LogP contribution in [-0.4, -0.2) is 85.4 Å². The first-order valence-electron chi connectivity index (χ1n) is 12.9. The molecule has 1 saturated heterocycles. The zero-order chi connectivity index (χ0) is 26.4. The molecule has 2 aromatic rings. The zero-order valence-electron chi connectivity index (χ0n) is 22.3. The molecule has 9 heteroatoms. The van der Waals surface area contributed by atoms with Crippen LogP contribution in [0.15, 0.2) is 52.2 Å². The van der Waals surface area contributed by atoms with E-state index in [9.17, 15) is 9.59 Å². The van der Waals surface area contributed by atoms with Crippen LogP contribution in [0.2, 0.25) is 0 Å². The molecule has 0 bridgehead atoms. The summed E-state index contributed by atoms with van der Waals surface area (Å²) in [5, 5.41) is 6.21. The Hall–Kier alpha value is -3.17. The molecule has 0 radical (unpaired) electrons. The van der Waals surface area contributed by atoms with Gasteiger partial charge in [-0.2, -0.15) is 5.10 Å². The molecule has 1 aromatic heterocycles. The van der Waals surface area contributed by atoms with Gasteiger partial charge in [0.05, 0.1) is 32.3 Å². The largest absolute Gasteiger partial charge is 0.497 e. The van der Waals surface area contributed by atoms with E-state index in [0.717, 1.165) is 30.1 Å². The third kappa shape index (κ3) is 7.20. The Morgan fingerprint density at radius 1 is 1.14 bits per heavy atom. The van der Waals surface area contributed by atoms with Crippen molar-refractivity contribution in [3.8, 4) is 5.75 Å². The monoisotopic (exact) mass is 510 g/mol. The maximum absolute atomic E-state index is 13.7. The molecule has 200 valence electrons. The SMILES string of the molecule is COc1ccc(C2=NN(C(=O)CN(CCN3CCOCC3)C(=O)CC(C)(C)C)[C@H](c3ccco3)C2)cc1. The number of benzene rings is 1. The van der Waals surface area contributed by atoms with Crippen LogP contribution in [-0.2, 0) is 14.3 Å². The molecule has 9 nitrogen and oxygen atoms in total. The summed E-state index contributed by atoms with van der Waals surface area (Å²) in [6.45, 7) is 10.3. The summed E-state index contributed by atoms with van der Waals surface area (Å²) in [7, 11) is 1.63. The molecule has 1 aromatic carbocycles. The van der Waals surface area contributed by atoms with Crippen LogP contribution < -0.4 is 4.74 Å². The van der Waals surface area contributed by atoms with Crippen molar-refractivity contribution in [3.63, 3.8) is 0 Å². The molecule has 4 rings (SSSR count). The van der Waals surface area contributed by atoms with Crippen molar-refractivity contribution in [2.24, 2.45) is 10.5 Å². The van der Waals surface area contributed by atoms with Crippen molar-refractivity contribution in [2.45, 2.75) is 39.7 Å². The molecule has 3 heterocycles. The number of hydrazone groups is 1. The van der Waals surface area contributed by atoms with Gasteiger partial charge < -0.3 is 18.8 Å². The van der Waals surface area contributed by atoms with Crippen molar-refractivity contribution in [2.75, 3.05) is 53.0 Å². The molecule has 0 unspecified atom stereocenters. The number of rotatable bonds is 9. The number of hydrogen-bond acceptors (Lipinski definition) is 7. The van der Waals surface area contributed by atoms with Crippen molar-refractivity contribution >= 4 is 17.5 Å². The molecular weight excluding hydrogens is 472 g/mol. The fourth-order valence-electron chi connectivity index (χ4n) is 4.58. The number of morpholine rings is 1. The summed E-state index contributed by atoms with van der Waals surface area (Å²) in [5.41, 5.74) is 1.53. The Morgan fingerprint density at radius 3 is 2.49 bits per heavy atom. The first-order valence-corrected chi connectivity index (χ1v) is 12.9. The van der Waals surface area contributed by atoms with Gasteiger partial charge in [0.25, 0.3) is 5.91 Å². The summed E-state index contributed by atoms with van der Waals surface area (Å²) in [6.07, 6.45) is 2.49. The number of furan rings is 1. The van der Waals surface area contributed by atoms with Gasteiger partial charge >= 0.3 is 0 Å². The number of nitrogens with zero attached hydrogens (tertiary/aromatic N) is 4. The molecule has 1 fully saturated rings. The number of hydrogen-bond donors (Lipinski definition) is 0. The lowest BCUT2D eigenvalue weighted by atomic mass is 9.91. The lowest BCUT2D eigenvalue weighted by molar-refractivity contribution is -0.143. The second-order valence-corrected chi connectivity index (χ2v) is 10.8. The van der Waals surface area contributed by atoms with E-state index >= 15 is 0 Å². The highest BCUT2D eigenvalue weighted by Gasteiger charge is 2.36. The lowest BCUT2D eigenvalue weighted by Gasteiger charge is -2.32. The van der Waals surface area contributed by atoms with Gasteiger partial charge in [0.2, 0.25) is 5.91 Å². The van der Waals surface area contributed by atoms with Gasteiger partial charge in [-0.15, -0.1) is 0 Å². The maximum atomic E-state index is 13.7. The first-order chi connectivity index (χ1) is 17.7. The van der Waals surface area contributed by atoms with E-state index in [1.165, 1.54) is 5.01 Å². The summed E-state index contributed by atoms with van der Waals surface area (Å²) >= 11 is 0. The van der Waals surface area contributed by atoms with Crippen LogP contribution in [0.5, 0.6) is 5.75 Å². The van der Waals surface area contributed by atoms with Gasteiger partial charge in [-0.1, -0.05) is 20.8 Å². The van der Waals surface area contributed by atoms with E-state index in [2.05, 4.69) is 4.90 Å². The molecular formula is C28H38N4O5. The van der Waals surface area contributed by atoms with Crippen molar-refractivity contribution in [1.82, 2.24) is 14.8 Å². The van der Waals surface area contributed by atoms with Gasteiger partial charge in [-0.25, -0.2) is 5.01 Å². The topological polar surface area (TPSA) is 87.8 Å². The number of methoxy groups -OCH3 is 1. The third-order valence-electron chi connectivity index (χ3n) is 6.61. The van der Waals surface area contributed by atoms with Crippen LogP contribution in [0.4, 0.5) is 0 Å². The van der Waals surface area contributed by atoms with E-state index < -0.39 is 0 Å². The number of amides is 2. The smallest absolute Gasteiger partial charge is 0.262 e. The normalized spacial score (nSPS) is 18.5. The molecule has 2 amide bonds. The number of ether oxygens (including phenoxy) is 2. The molecule has 0 saturated carbocycles. The predicted molar refractivity (Wildman–Crippen MR) is 140 cm³/mol. The van der Waals surface area contributed by atoms with Gasteiger partial charge in [0.15, 0.2) is 0 Å². The average molecular weight is 511 g/mol. The van der Waals surface area contributed by atoms with Gasteiger partial charge in [-0.3, -0.25) is 14.5 Å². The molecule has 0 aliphatic carbocycles. The summed E-state index contributed by atoms with van der Waals surface area (Å²) < 4.78 is 16.4. The van der Waals surface area contributed by atoms with Crippen LogP contribution >= 0.6 is 0 Å². The minimum absolute atomic E-state index is 0.0257. The van der Waals surface area contributed by atoms with E-state index in [-0.39, 0.29) is 29.8 Å². The highest BCUT2D eigenvalue weighted by molar-refractivity contribution is 6.03. The maximum Gasteiger partial charge on any atom is 0.262 e. The van der Waals surface area contributed by atoms with Crippen LogP contribution in [0.1, 0.15) is 51.0 Å². The van der Waals surface area contributed by atoms with Gasteiger partial charge in [0, 0.05) is 39.0 Å². The number of carbonyl (C=O) groups is 2. The van der Waals surface area contributed by atoms with Crippen LogP contribution in [0.25, 0.3) is 0 Å². The zero-order valence-corrected chi connectivity index (χ0v) is 22.3. The quantitative estimate of drug-likeness (QED) is 0.513. The Bertz CT molecular complexity index is 1070. The Balaban J connectivity index is 1.53. The van der Waals surface area contributed by atoms with Crippen LogP contribution in [0, 0.1) is 5.41 Å². The van der Waals surface area contributed by atoms with Crippen molar-refractivity contribution in [1.29, 1.82) is 0 Å². The first kappa shape index (κ1) is 26.9. The third-order valence-corrected chi connectivity index (χ3v) is 6.61. The van der Waals surface area contributed by atoms with Crippen LogP contribution in [0.3, 0.4) is 0 Å². The number of carbonyl (C=O) groups excluding carboxylic acids is 2. The fraction of sp³-hybridized carbons (Fsp3) is 0.536. The van der Waals surface area contributed by atoms with Gasteiger partial charge in [-0.05, 0) is 47.4 Å². The molecule has 1 atom stereocenters. The Labute approximate surface area is 219 Å². The molecule has 2 aliphatic rings. The van der Waals surface area contributed by atoms with Crippen molar-refractivity contribution < 1.29 is 23.5 Å². The van der Waals surface area contributed by atoms with Gasteiger partial charge in [0.1, 0.15) is 24.1 Å². The second kappa shape index (κ2) is 11.9. The minimum Gasteiger partial charge on any atom is -0.497 e. The van der Waals surface area contributed by atoms with Crippen molar-refractivity contribution in [3.05, 3.63) is 54.0 Å². The molecule has 0 N–H and O–H groups in total. The Kier molecular flexibility index (Phi) is 8.66. The standard InChI is InChI=1S/C28H38N4O5/c1-28(2,3)19-26(33)31(12-11-30-13-16-36-17-14-30)20-27(34)32-24(25-6-5-15-37-25)18-23(29-32)21-7-9-22(35-4)10-8-21/h5-10,15,24H,11-14,16-20H2,1-4H3/t24-/m0/s1. The van der Waals surface area contributed by atoms with E-state index in [1.807, 2.05) is 57.2 Å². The minimum atomic E-state index is -0.363. The molecule has 0 spiro atoms. The predicted octanol–water partition coefficient (Wildman–Crippen LogP) is 3.56. The Morgan fingerprint density at radius 2 is 1.86 bits per heavy atom. The fourth-order valence-corrected chi connectivity index (χ4v) is 4.58. The van der Waals surface area contributed by atoms with E-state index in [0.29, 0.717) is 44.9 Å². The average Bonchev–Trinajstić information content (AvgIpc) is 3.56. The summed E-state index contributed by atoms with van der Waals surface area (Å²) in [5.74, 6) is 1.17. The highest BCUT2D eigenvalue weighted by Crippen LogP contribution is 2.33. The second-order valence-electron chi connectivity index (χ2n) is 10.8. The summed E-state index contributed by atoms with van der Waals surface area (Å²) in [4.78, 5) is 30.9. The van der Waals surface area contributed by atoms with E-state index in [4.69, 9.17) is 19.0 Å². The molecule has 37 heavy (non-hydrogen) atoms. The highest BCUT2D eigenvalue weighted by atomic mass is 16.5. The van der Waals surface area contributed by atoms with E-state index in [1.54, 1.807) is 18.3 Å². The lowest BCUT2D eigenvalue weighted by Crippen LogP contribution is -2.47. The molecule has 2 aliphatic heterocycles. The summed E-state index contributed by atoms with van der Waals surface area (Å²) in [6, 6.07) is 10.9.